The Hall–Kier alpha value is -1.86. The molecule has 1 aromatic rings. The van der Waals surface area contributed by atoms with Gasteiger partial charge in [0.15, 0.2) is 0 Å². The lowest BCUT2D eigenvalue weighted by Crippen LogP contribution is -2.49. The maximum Gasteiger partial charge on any atom is 0.419 e. The van der Waals surface area contributed by atoms with Gasteiger partial charge in [0.1, 0.15) is 0 Å². The molecule has 2 heterocycles. The highest BCUT2D eigenvalue weighted by atomic mass is 19.4. The van der Waals surface area contributed by atoms with Crippen LogP contribution in [-0.4, -0.2) is 47.0 Å². The quantitative estimate of drug-likeness (QED) is 0.698. The molecule has 1 aliphatic heterocycles. The zero-order valence-corrected chi connectivity index (χ0v) is 15.5. The fraction of sp³-hybridized carbons (Fsp3) is 0.737. The van der Waals surface area contributed by atoms with Crippen molar-refractivity contribution in [2.45, 2.75) is 57.5 Å². The first-order valence-corrected chi connectivity index (χ1v) is 9.85. The Kier molecular flexibility index (Phi) is 6.55. The van der Waals surface area contributed by atoms with Crippen LogP contribution in [-0.2, 0) is 11.0 Å². The molecule has 0 spiro atoms. The van der Waals surface area contributed by atoms with E-state index in [-0.39, 0.29) is 11.9 Å². The fourth-order valence-electron chi connectivity index (χ4n) is 3.95. The highest BCUT2D eigenvalue weighted by Crippen LogP contribution is 2.29. The highest BCUT2D eigenvalue weighted by molar-refractivity contribution is 5.76. The van der Waals surface area contributed by atoms with E-state index < -0.39 is 11.7 Å². The van der Waals surface area contributed by atoms with Crippen LogP contribution in [0, 0.1) is 5.92 Å². The van der Waals surface area contributed by atoms with Gasteiger partial charge in [-0.25, -0.2) is 9.97 Å². The fourth-order valence-corrected chi connectivity index (χ4v) is 3.95. The molecule has 1 saturated heterocycles. The van der Waals surface area contributed by atoms with E-state index in [1.807, 2.05) is 9.80 Å². The summed E-state index contributed by atoms with van der Waals surface area (Å²) >= 11 is 0. The normalized spacial score (nSPS) is 18.9. The van der Waals surface area contributed by atoms with Crippen molar-refractivity contribution in [2.75, 3.05) is 31.1 Å². The second kappa shape index (κ2) is 8.89. The summed E-state index contributed by atoms with van der Waals surface area (Å²) in [6, 6.07) is 0. The number of piperazine rings is 1. The van der Waals surface area contributed by atoms with E-state index in [4.69, 9.17) is 0 Å². The molecule has 0 unspecified atom stereocenters. The van der Waals surface area contributed by atoms with Crippen LogP contribution < -0.4 is 4.90 Å². The van der Waals surface area contributed by atoms with Crippen LogP contribution in [0.1, 0.15) is 56.9 Å². The molecule has 3 rings (SSSR count). The molecule has 0 aromatic carbocycles. The molecular weight excluding hydrogens is 357 g/mol. The molecule has 2 fully saturated rings. The SMILES string of the molecule is O=C(CCCCC1CCCC1)N1CCN(c2ncc(C(F)(F)F)cn2)CC1. The molecule has 1 aromatic heterocycles. The first-order chi connectivity index (χ1) is 12.9. The van der Waals surface area contributed by atoms with Crippen LogP contribution in [0.3, 0.4) is 0 Å². The summed E-state index contributed by atoms with van der Waals surface area (Å²) in [4.78, 5) is 23.7. The average Bonchev–Trinajstić information content (AvgIpc) is 3.18. The summed E-state index contributed by atoms with van der Waals surface area (Å²) in [5, 5.41) is 0. The number of hydrogen-bond donors (Lipinski definition) is 0. The molecule has 0 bridgehead atoms. The van der Waals surface area contributed by atoms with Gasteiger partial charge < -0.3 is 9.80 Å². The molecule has 0 atom stereocenters. The van der Waals surface area contributed by atoms with Gasteiger partial charge in [0.05, 0.1) is 5.56 Å². The van der Waals surface area contributed by atoms with Gasteiger partial charge >= 0.3 is 6.18 Å². The Balaban J connectivity index is 1.38. The van der Waals surface area contributed by atoms with Crippen LogP contribution in [0.5, 0.6) is 0 Å². The van der Waals surface area contributed by atoms with E-state index in [0.29, 0.717) is 32.6 Å². The number of hydrogen-bond acceptors (Lipinski definition) is 4. The molecular formula is C19H27F3N4O. The Morgan fingerprint density at radius 1 is 1.04 bits per heavy atom. The van der Waals surface area contributed by atoms with Crippen LogP contribution in [0.25, 0.3) is 0 Å². The number of alkyl halides is 3. The predicted octanol–water partition coefficient (Wildman–Crippen LogP) is 3.89. The van der Waals surface area contributed by atoms with Crippen LogP contribution in [0.15, 0.2) is 12.4 Å². The second-order valence-electron chi connectivity index (χ2n) is 7.53. The Labute approximate surface area is 158 Å². The van der Waals surface area contributed by atoms with Crippen molar-refractivity contribution in [3.05, 3.63) is 18.0 Å². The minimum absolute atomic E-state index is 0.175. The molecule has 8 heteroatoms. The molecule has 1 amide bonds. The van der Waals surface area contributed by atoms with Gasteiger partial charge in [-0.3, -0.25) is 4.79 Å². The van der Waals surface area contributed by atoms with Gasteiger partial charge in [-0.05, 0) is 12.3 Å². The molecule has 0 radical (unpaired) electrons. The van der Waals surface area contributed by atoms with E-state index in [1.54, 1.807) is 0 Å². The number of nitrogens with zero attached hydrogens (tertiary/aromatic N) is 4. The van der Waals surface area contributed by atoms with E-state index in [9.17, 15) is 18.0 Å². The van der Waals surface area contributed by atoms with Crippen molar-refractivity contribution in [2.24, 2.45) is 5.92 Å². The van der Waals surface area contributed by atoms with Crippen molar-refractivity contribution in [1.29, 1.82) is 0 Å². The zero-order valence-electron chi connectivity index (χ0n) is 15.5. The number of aromatic nitrogens is 2. The molecule has 5 nitrogen and oxygen atoms in total. The Morgan fingerprint density at radius 3 is 2.26 bits per heavy atom. The Bertz CT molecular complexity index is 606. The second-order valence-corrected chi connectivity index (χ2v) is 7.53. The predicted molar refractivity (Wildman–Crippen MR) is 96.3 cm³/mol. The molecule has 1 saturated carbocycles. The number of carbonyl (C=O) groups is 1. The molecule has 0 N–H and O–H groups in total. The van der Waals surface area contributed by atoms with Crippen molar-refractivity contribution in [3.63, 3.8) is 0 Å². The lowest BCUT2D eigenvalue weighted by molar-refractivity contribution is -0.138. The maximum atomic E-state index is 12.6. The third-order valence-corrected chi connectivity index (χ3v) is 5.61. The standard InChI is InChI=1S/C19H27F3N4O/c20-19(21,22)16-13-23-18(24-14-16)26-11-9-25(10-12-26)17(27)8-4-3-7-15-5-1-2-6-15/h13-15H,1-12H2. The minimum atomic E-state index is -4.43. The molecule has 1 aliphatic carbocycles. The summed E-state index contributed by atoms with van der Waals surface area (Å²) in [7, 11) is 0. The lowest BCUT2D eigenvalue weighted by atomic mass is 10.00. The van der Waals surface area contributed by atoms with E-state index in [1.165, 1.54) is 32.1 Å². The summed E-state index contributed by atoms with van der Waals surface area (Å²) in [5.41, 5.74) is -0.849. The first kappa shape index (κ1) is 19.9. The van der Waals surface area contributed by atoms with Crippen LogP contribution >= 0.6 is 0 Å². The number of halogens is 3. The van der Waals surface area contributed by atoms with Gasteiger partial charge in [-0.1, -0.05) is 38.5 Å². The van der Waals surface area contributed by atoms with E-state index in [0.717, 1.165) is 31.2 Å². The molecule has 27 heavy (non-hydrogen) atoms. The maximum absolute atomic E-state index is 12.6. The van der Waals surface area contributed by atoms with Crippen molar-refractivity contribution < 1.29 is 18.0 Å². The number of carbonyl (C=O) groups excluding carboxylic acids is 1. The van der Waals surface area contributed by atoms with E-state index >= 15 is 0 Å². The van der Waals surface area contributed by atoms with Crippen molar-refractivity contribution in [3.8, 4) is 0 Å². The summed E-state index contributed by atoms with van der Waals surface area (Å²) in [6.45, 7) is 2.20. The average molecular weight is 384 g/mol. The zero-order chi connectivity index (χ0) is 19.3. The van der Waals surface area contributed by atoms with Gasteiger partial charge in [0.25, 0.3) is 0 Å². The number of rotatable bonds is 6. The third kappa shape index (κ3) is 5.56. The minimum Gasteiger partial charge on any atom is -0.339 e. The Morgan fingerprint density at radius 2 is 1.67 bits per heavy atom. The molecule has 150 valence electrons. The van der Waals surface area contributed by atoms with Gasteiger partial charge in [-0.2, -0.15) is 13.2 Å². The lowest BCUT2D eigenvalue weighted by Gasteiger charge is -2.34. The van der Waals surface area contributed by atoms with Gasteiger partial charge in [0, 0.05) is 45.0 Å². The van der Waals surface area contributed by atoms with Gasteiger partial charge in [-0.15, -0.1) is 0 Å². The van der Waals surface area contributed by atoms with Crippen molar-refractivity contribution >= 4 is 11.9 Å². The highest BCUT2D eigenvalue weighted by Gasteiger charge is 2.32. The number of amides is 1. The van der Waals surface area contributed by atoms with Crippen molar-refractivity contribution in [1.82, 2.24) is 14.9 Å². The molecule has 2 aliphatic rings. The topological polar surface area (TPSA) is 49.3 Å². The third-order valence-electron chi connectivity index (χ3n) is 5.61. The largest absolute Gasteiger partial charge is 0.419 e. The first-order valence-electron chi connectivity index (χ1n) is 9.85. The summed E-state index contributed by atoms with van der Waals surface area (Å²) < 4.78 is 37.7. The van der Waals surface area contributed by atoms with Crippen LogP contribution in [0.4, 0.5) is 19.1 Å². The number of unbranched alkanes of at least 4 members (excludes halogenated alkanes) is 1. The van der Waals surface area contributed by atoms with Gasteiger partial charge in [0.2, 0.25) is 11.9 Å². The smallest absolute Gasteiger partial charge is 0.339 e. The van der Waals surface area contributed by atoms with Crippen LogP contribution in [0.2, 0.25) is 0 Å². The summed E-state index contributed by atoms with van der Waals surface area (Å²) in [6.07, 6.45) is 6.50. The monoisotopic (exact) mass is 384 g/mol. The number of anilines is 1. The summed E-state index contributed by atoms with van der Waals surface area (Å²) in [5.74, 6) is 1.33. The van der Waals surface area contributed by atoms with E-state index in [2.05, 4.69) is 9.97 Å².